The largest absolute Gasteiger partial charge is 0.349 e. The Hall–Kier alpha value is -2.88. The number of nitrogens with one attached hydrogen (secondary N) is 2. The summed E-state index contributed by atoms with van der Waals surface area (Å²) in [7, 11) is 0. The minimum absolute atomic E-state index is 0.0333. The van der Waals surface area contributed by atoms with Crippen LogP contribution in [0.5, 0.6) is 0 Å². The maximum absolute atomic E-state index is 11.9. The minimum Gasteiger partial charge on any atom is -0.349 e. The molecule has 4 nitrogen and oxygen atoms in total. The van der Waals surface area contributed by atoms with Crippen molar-refractivity contribution in [3.63, 3.8) is 0 Å². The van der Waals surface area contributed by atoms with Crippen molar-refractivity contribution >= 4 is 17.9 Å². The van der Waals surface area contributed by atoms with E-state index in [1.807, 2.05) is 43.3 Å². The lowest BCUT2D eigenvalue weighted by Crippen LogP contribution is -2.25. The third-order valence-corrected chi connectivity index (χ3v) is 4.23. The molecular weight excluding hydrogens is 312 g/mol. The Morgan fingerprint density at radius 2 is 1.80 bits per heavy atom. The first-order valence-corrected chi connectivity index (χ1v) is 8.53. The van der Waals surface area contributed by atoms with Crippen LogP contribution in [-0.4, -0.2) is 17.9 Å². The highest BCUT2D eigenvalue weighted by Crippen LogP contribution is 2.19. The molecule has 0 atom stereocenters. The van der Waals surface area contributed by atoms with E-state index in [1.165, 1.54) is 6.08 Å². The average molecular weight is 334 g/mol. The molecule has 128 valence electrons. The van der Waals surface area contributed by atoms with Crippen molar-refractivity contribution in [1.29, 1.82) is 0 Å². The Kier molecular flexibility index (Phi) is 5.29. The van der Waals surface area contributed by atoms with E-state index < -0.39 is 0 Å². The number of amides is 2. The highest BCUT2D eigenvalue weighted by Gasteiger charge is 2.23. The smallest absolute Gasteiger partial charge is 0.251 e. The molecule has 0 unspecified atom stereocenters. The van der Waals surface area contributed by atoms with Gasteiger partial charge in [-0.3, -0.25) is 9.59 Å². The molecule has 0 saturated heterocycles. The molecule has 4 heteroatoms. The third-order valence-electron chi connectivity index (χ3n) is 4.23. The van der Waals surface area contributed by atoms with Crippen LogP contribution in [0, 0.1) is 6.92 Å². The summed E-state index contributed by atoms with van der Waals surface area (Å²) in [5.74, 6) is -0.173. The fourth-order valence-corrected chi connectivity index (χ4v) is 2.46. The molecule has 1 aliphatic rings. The molecule has 0 aromatic heterocycles. The summed E-state index contributed by atoms with van der Waals surface area (Å²) in [5, 5.41) is 5.83. The van der Waals surface area contributed by atoms with E-state index in [4.69, 9.17) is 0 Å². The molecule has 25 heavy (non-hydrogen) atoms. The van der Waals surface area contributed by atoms with E-state index in [2.05, 4.69) is 10.6 Å². The van der Waals surface area contributed by atoms with Gasteiger partial charge in [0.25, 0.3) is 5.91 Å². The second kappa shape index (κ2) is 7.79. The molecule has 1 aliphatic carbocycles. The molecular formula is C21H22N2O2. The summed E-state index contributed by atoms with van der Waals surface area (Å²) in [6, 6.07) is 15.6. The van der Waals surface area contributed by atoms with E-state index in [0.29, 0.717) is 18.2 Å². The van der Waals surface area contributed by atoms with Gasteiger partial charge in [0.15, 0.2) is 0 Å². The molecule has 1 saturated carbocycles. The molecule has 0 heterocycles. The summed E-state index contributed by atoms with van der Waals surface area (Å²) in [5.41, 5.74) is 3.80. The summed E-state index contributed by atoms with van der Waals surface area (Å²) in [6.45, 7) is 2.54. The molecule has 0 aliphatic heterocycles. The van der Waals surface area contributed by atoms with Gasteiger partial charge in [0.05, 0.1) is 0 Å². The maximum atomic E-state index is 11.9. The minimum atomic E-state index is -0.140. The van der Waals surface area contributed by atoms with Crippen LogP contribution in [0.2, 0.25) is 0 Å². The Bertz CT molecular complexity index is 790. The van der Waals surface area contributed by atoms with Crippen LogP contribution in [0.1, 0.15) is 39.9 Å². The first-order chi connectivity index (χ1) is 12.1. The molecule has 0 bridgehead atoms. The predicted molar refractivity (Wildman–Crippen MR) is 99.0 cm³/mol. The Morgan fingerprint density at radius 1 is 1.08 bits per heavy atom. The average Bonchev–Trinajstić information content (AvgIpc) is 3.43. The van der Waals surface area contributed by atoms with Crippen molar-refractivity contribution in [1.82, 2.24) is 10.6 Å². The lowest BCUT2D eigenvalue weighted by atomic mass is 10.1. The number of carbonyl (C=O) groups is 2. The number of hydrogen-bond acceptors (Lipinski definition) is 2. The van der Waals surface area contributed by atoms with Gasteiger partial charge in [-0.1, -0.05) is 36.4 Å². The number of hydrogen-bond donors (Lipinski definition) is 2. The maximum Gasteiger partial charge on any atom is 0.251 e. The van der Waals surface area contributed by atoms with Gasteiger partial charge in [-0.15, -0.1) is 0 Å². The van der Waals surface area contributed by atoms with Crippen molar-refractivity contribution in [2.75, 3.05) is 0 Å². The normalized spacial score (nSPS) is 13.6. The van der Waals surface area contributed by atoms with Crippen LogP contribution in [0.25, 0.3) is 6.08 Å². The first kappa shape index (κ1) is 17.0. The SMILES string of the molecule is Cc1ccccc1CNC(=O)/C=C/c1ccc(C(=O)NC2CC2)cc1. The molecule has 0 spiro atoms. The fourth-order valence-electron chi connectivity index (χ4n) is 2.46. The second-order valence-corrected chi connectivity index (χ2v) is 6.35. The summed E-state index contributed by atoms with van der Waals surface area (Å²) >= 11 is 0. The van der Waals surface area contributed by atoms with Gasteiger partial charge in [-0.2, -0.15) is 0 Å². The summed E-state index contributed by atoms with van der Waals surface area (Å²) in [4.78, 5) is 23.9. The zero-order chi connectivity index (χ0) is 17.6. The third kappa shape index (κ3) is 5.05. The quantitative estimate of drug-likeness (QED) is 0.797. The monoisotopic (exact) mass is 334 g/mol. The Morgan fingerprint density at radius 3 is 2.48 bits per heavy atom. The van der Waals surface area contributed by atoms with Gasteiger partial charge in [0.2, 0.25) is 5.91 Å². The van der Waals surface area contributed by atoms with Crippen LogP contribution in [-0.2, 0) is 11.3 Å². The molecule has 0 radical (unpaired) electrons. The second-order valence-electron chi connectivity index (χ2n) is 6.35. The molecule has 2 aromatic carbocycles. The molecule has 2 amide bonds. The zero-order valence-corrected chi connectivity index (χ0v) is 14.3. The van der Waals surface area contributed by atoms with Crippen LogP contribution in [0.3, 0.4) is 0 Å². The van der Waals surface area contributed by atoms with Crippen molar-refractivity contribution in [3.05, 3.63) is 76.9 Å². The van der Waals surface area contributed by atoms with E-state index >= 15 is 0 Å². The molecule has 2 aromatic rings. The Balaban J connectivity index is 1.51. The number of aryl methyl sites for hydroxylation is 1. The Labute approximate surface area is 148 Å². The van der Waals surface area contributed by atoms with Gasteiger partial charge in [0.1, 0.15) is 0 Å². The van der Waals surface area contributed by atoms with E-state index in [0.717, 1.165) is 29.5 Å². The topological polar surface area (TPSA) is 58.2 Å². The van der Waals surface area contributed by atoms with Gasteiger partial charge < -0.3 is 10.6 Å². The van der Waals surface area contributed by atoms with Gasteiger partial charge in [-0.05, 0) is 54.7 Å². The van der Waals surface area contributed by atoms with Crippen LogP contribution >= 0.6 is 0 Å². The number of carbonyl (C=O) groups excluding carboxylic acids is 2. The lowest BCUT2D eigenvalue weighted by Gasteiger charge is -2.06. The highest BCUT2D eigenvalue weighted by molar-refractivity contribution is 5.95. The predicted octanol–water partition coefficient (Wildman–Crippen LogP) is 3.22. The van der Waals surface area contributed by atoms with Crippen LogP contribution in [0.15, 0.2) is 54.6 Å². The van der Waals surface area contributed by atoms with Gasteiger partial charge in [-0.25, -0.2) is 0 Å². The summed E-state index contributed by atoms with van der Waals surface area (Å²) in [6.07, 6.45) is 5.40. The standard InChI is InChI=1S/C21H22N2O2/c1-15-4-2-3-5-18(15)14-22-20(24)13-8-16-6-9-17(10-7-16)21(25)23-19-11-12-19/h2-10,13,19H,11-12,14H2,1H3,(H,22,24)(H,23,25)/b13-8+. The van der Waals surface area contributed by atoms with Crippen molar-refractivity contribution in [3.8, 4) is 0 Å². The van der Waals surface area contributed by atoms with Crippen molar-refractivity contribution < 1.29 is 9.59 Å². The number of benzene rings is 2. The van der Waals surface area contributed by atoms with Crippen LogP contribution in [0.4, 0.5) is 0 Å². The van der Waals surface area contributed by atoms with Gasteiger partial charge >= 0.3 is 0 Å². The fraction of sp³-hybridized carbons (Fsp3) is 0.238. The molecule has 3 rings (SSSR count). The first-order valence-electron chi connectivity index (χ1n) is 8.53. The number of rotatable bonds is 6. The van der Waals surface area contributed by atoms with Crippen molar-refractivity contribution in [2.45, 2.75) is 32.4 Å². The van der Waals surface area contributed by atoms with E-state index in [1.54, 1.807) is 18.2 Å². The van der Waals surface area contributed by atoms with E-state index in [9.17, 15) is 9.59 Å². The van der Waals surface area contributed by atoms with Crippen LogP contribution < -0.4 is 10.6 Å². The zero-order valence-electron chi connectivity index (χ0n) is 14.3. The molecule has 2 N–H and O–H groups in total. The molecule has 1 fully saturated rings. The lowest BCUT2D eigenvalue weighted by molar-refractivity contribution is -0.116. The van der Waals surface area contributed by atoms with E-state index in [-0.39, 0.29) is 11.8 Å². The van der Waals surface area contributed by atoms with Crippen molar-refractivity contribution in [2.24, 2.45) is 0 Å². The highest BCUT2D eigenvalue weighted by atomic mass is 16.2. The summed E-state index contributed by atoms with van der Waals surface area (Å²) < 4.78 is 0. The van der Waals surface area contributed by atoms with Gasteiger partial charge in [0, 0.05) is 24.2 Å².